The fourth-order valence-electron chi connectivity index (χ4n) is 2.98. The maximum atomic E-state index is 12.9. The molecule has 28 heavy (non-hydrogen) atoms. The van der Waals surface area contributed by atoms with Gasteiger partial charge in [-0.05, 0) is 48.7 Å². The highest BCUT2D eigenvalue weighted by atomic mass is 32.1. The van der Waals surface area contributed by atoms with Gasteiger partial charge < -0.3 is 19.7 Å². The number of hydrogen-bond donors (Lipinski definition) is 1. The summed E-state index contributed by atoms with van der Waals surface area (Å²) in [6.07, 6.45) is 1.67. The summed E-state index contributed by atoms with van der Waals surface area (Å²) >= 11 is 1.42. The van der Waals surface area contributed by atoms with Gasteiger partial charge in [-0.3, -0.25) is 9.59 Å². The first-order chi connectivity index (χ1) is 13.6. The molecule has 1 aliphatic heterocycles. The Morgan fingerprint density at radius 3 is 2.61 bits per heavy atom. The number of carbonyl (C=O) groups is 2. The van der Waals surface area contributed by atoms with Crippen LogP contribution in [-0.2, 0) is 4.79 Å². The number of fused-ring (bicyclic) bond motifs is 1. The van der Waals surface area contributed by atoms with Gasteiger partial charge in [-0.15, -0.1) is 11.3 Å². The molecule has 6 nitrogen and oxygen atoms in total. The number of hydrogen-bond acceptors (Lipinski definition) is 5. The van der Waals surface area contributed by atoms with Crippen molar-refractivity contribution in [3.8, 4) is 21.9 Å². The van der Waals surface area contributed by atoms with Crippen LogP contribution >= 0.6 is 11.3 Å². The SMILES string of the molecule is CCCNC(=O)CN(CCC)C(=O)c1ccc(-c2ccc3c(c2)OCCO3)s1. The molecular weight excluding hydrogens is 376 g/mol. The normalized spacial score (nSPS) is 12.5. The average Bonchev–Trinajstić information content (AvgIpc) is 3.21. The molecule has 0 aliphatic carbocycles. The fraction of sp³-hybridized carbons (Fsp3) is 0.429. The standard InChI is InChI=1S/C21H26N2O4S/c1-3-9-22-20(24)14-23(10-4-2)21(25)19-8-7-18(28-19)15-5-6-16-17(13-15)27-12-11-26-16/h5-8,13H,3-4,9-12,14H2,1-2H3,(H,22,24). The Hall–Kier alpha value is -2.54. The second-order valence-corrected chi connectivity index (χ2v) is 7.68. The summed E-state index contributed by atoms with van der Waals surface area (Å²) in [6, 6.07) is 9.56. The van der Waals surface area contributed by atoms with Crippen LogP contribution in [0.1, 0.15) is 36.4 Å². The second kappa shape index (κ2) is 9.59. The molecule has 0 radical (unpaired) electrons. The summed E-state index contributed by atoms with van der Waals surface area (Å²) in [6.45, 7) is 6.36. The van der Waals surface area contributed by atoms with Gasteiger partial charge >= 0.3 is 0 Å². The highest BCUT2D eigenvalue weighted by molar-refractivity contribution is 7.17. The molecule has 0 bridgehead atoms. The van der Waals surface area contributed by atoms with E-state index in [1.165, 1.54) is 11.3 Å². The van der Waals surface area contributed by atoms with Crippen LogP contribution in [0.5, 0.6) is 11.5 Å². The van der Waals surface area contributed by atoms with Crippen molar-refractivity contribution in [2.75, 3.05) is 32.8 Å². The smallest absolute Gasteiger partial charge is 0.264 e. The van der Waals surface area contributed by atoms with Gasteiger partial charge in [-0.25, -0.2) is 0 Å². The number of carbonyl (C=O) groups excluding carboxylic acids is 2. The lowest BCUT2D eigenvalue weighted by molar-refractivity contribution is -0.121. The monoisotopic (exact) mass is 402 g/mol. The third-order valence-electron chi connectivity index (χ3n) is 4.33. The van der Waals surface area contributed by atoms with Gasteiger partial charge in [0.25, 0.3) is 5.91 Å². The molecule has 7 heteroatoms. The number of benzene rings is 1. The predicted molar refractivity (Wildman–Crippen MR) is 110 cm³/mol. The lowest BCUT2D eigenvalue weighted by atomic mass is 10.1. The van der Waals surface area contributed by atoms with Gasteiger partial charge in [0, 0.05) is 18.0 Å². The molecule has 0 saturated carbocycles. The summed E-state index contributed by atoms with van der Waals surface area (Å²) in [7, 11) is 0. The molecule has 1 aromatic heterocycles. The first kappa shape index (κ1) is 20.2. The molecule has 2 amide bonds. The van der Waals surface area contributed by atoms with Crippen molar-refractivity contribution < 1.29 is 19.1 Å². The zero-order valence-corrected chi connectivity index (χ0v) is 17.1. The van der Waals surface area contributed by atoms with E-state index in [-0.39, 0.29) is 18.4 Å². The largest absolute Gasteiger partial charge is 0.486 e. The van der Waals surface area contributed by atoms with Crippen molar-refractivity contribution in [2.24, 2.45) is 0 Å². The Bertz CT molecular complexity index is 834. The summed E-state index contributed by atoms with van der Waals surface area (Å²) in [5, 5.41) is 2.83. The van der Waals surface area contributed by atoms with Crippen molar-refractivity contribution in [3.05, 3.63) is 35.2 Å². The van der Waals surface area contributed by atoms with Gasteiger partial charge in [0.05, 0.1) is 11.4 Å². The molecule has 0 saturated heterocycles. The maximum absolute atomic E-state index is 12.9. The number of nitrogens with zero attached hydrogens (tertiary/aromatic N) is 1. The molecule has 0 fully saturated rings. The Labute approximate surface area is 169 Å². The predicted octanol–water partition coefficient (Wildman–Crippen LogP) is 3.56. The third kappa shape index (κ3) is 4.84. The second-order valence-electron chi connectivity index (χ2n) is 6.60. The van der Waals surface area contributed by atoms with E-state index in [0.717, 1.165) is 34.8 Å². The summed E-state index contributed by atoms with van der Waals surface area (Å²) in [5.74, 6) is 1.25. The number of ether oxygens (including phenoxy) is 2. The van der Waals surface area contributed by atoms with Crippen LogP contribution in [0.15, 0.2) is 30.3 Å². The van der Waals surface area contributed by atoms with Crippen molar-refractivity contribution in [1.29, 1.82) is 0 Å². The van der Waals surface area contributed by atoms with Crippen molar-refractivity contribution >= 4 is 23.2 Å². The summed E-state index contributed by atoms with van der Waals surface area (Å²) < 4.78 is 11.2. The number of rotatable bonds is 8. The van der Waals surface area contributed by atoms with Gasteiger partial charge in [0.2, 0.25) is 5.91 Å². The molecule has 2 aromatic rings. The van der Waals surface area contributed by atoms with E-state index in [4.69, 9.17) is 9.47 Å². The minimum absolute atomic E-state index is 0.0872. The highest BCUT2D eigenvalue weighted by Crippen LogP contribution is 2.37. The lowest BCUT2D eigenvalue weighted by Crippen LogP contribution is -2.41. The summed E-state index contributed by atoms with van der Waals surface area (Å²) in [4.78, 5) is 28.2. The number of thiophene rings is 1. The van der Waals surface area contributed by atoms with Gasteiger partial charge in [0.1, 0.15) is 13.2 Å². The van der Waals surface area contributed by atoms with Gasteiger partial charge in [-0.1, -0.05) is 13.8 Å². The van der Waals surface area contributed by atoms with Gasteiger partial charge in [0.15, 0.2) is 11.5 Å². The third-order valence-corrected chi connectivity index (χ3v) is 5.45. The average molecular weight is 403 g/mol. The first-order valence-electron chi connectivity index (χ1n) is 9.68. The number of amides is 2. The quantitative estimate of drug-likeness (QED) is 0.733. The maximum Gasteiger partial charge on any atom is 0.264 e. The Balaban J connectivity index is 1.73. The molecule has 0 unspecified atom stereocenters. The molecule has 150 valence electrons. The molecule has 0 atom stereocenters. The van der Waals surface area contributed by atoms with E-state index in [9.17, 15) is 9.59 Å². The molecule has 2 heterocycles. The van der Waals surface area contributed by atoms with E-state index in [2.05, 4.69) is 5.32 Å². The molecule has 3 rings (SSSR count). The van der Waals surface area contributed by atoms with Gasteiger partial charge in [-0.2, -0.15) is 0 Å². The van der Waals surface area contributed by atoms with Crippen LogP contribution in [0.2, 0.25) is 0 Å². The Morgan fingerprint density at radius 2 is 1.86 bits per heavy atom. The van der Waals surface area contributed by atoms with Crippen LogP contribution in [0.4, 0.5) is 0 Å². The zero-order valence-electron chi connectivity index (χ0n) is 16.3. The Morgan fingerprint density at radius 1 is 1.07 bits per heavy atom. The van der Waals surface area contributed by atoms with Crippen LogP contribution in [-0.4, -0.2) is 49.6 Å². The van der Waals surface area contributed by atoms with E-state index >= 15 is 0 Å². The van der Waals surface area contributed by atoms with Crippen LogP contribution in [0.3, 0.4) is 0 Å². The topological polar surface area (TPSA) is 67.9 Å². The molecular formula is C21H26N2O4S. The highest BCUT2D eigenvalue weighted by Gasteiger charge is 2.20. The van der Waals surface area contributed by atoms with Crippen molar-refractivity contribution in [3.63, 3.8) is 0 Å². The van der Waals surface area contributed by atoms with Crippen molar-refractivity contribution in [1.82, 2.24) is 10.2 Å². The van der Waals surface area contributed by atoms with Crippen LogP contribution < -0.4 is 14.8 Å². The van der Waals surface area contributed by atoms with Crippen LogP contribution in [0.25, 0.3) is 10.4 Å². The molecule has 1 aliphatic rings. The van der Waals surface area contributed by atoms with Crippen molar-refractivity contribution in [2.45, 2.75) is 26.7 Å². The lowest BCUT2D eigenvalue weighted by Gasteiger charge is -2.21. The molecule has 1 aromatic carbocycles. The fourth-order valence-corrected chi connectivity index (χ4v) is 3.95. The zero-order chi connectivity index (χ0) is 19.9. The van der Waals surface area contributed by atoms with E-state index in [1.807, 2.05) is 44.2 Å². The van der Waals surface area contributed by atoms with Crippen LogP contribution in [0, 0.1) is 0 Å². The Kier molecular flexibility index (Phi) is 6.92. The summed E-state index contributed by atoms with van der Waals surface area (Å²) in [5.41, 5.74) is 0.982. The minimum Gasteiger partial charge on any atom is -0.486 e. The molecule has 0 spiro atoms. The molecule has 1 N–H and O–H groups in total. The first-order valence-corrected chi connectivity index (χ1v) is 10.5. The van der Waals surface area contributed by atoms with E-state index in [1.54, 1.807) is 4.90 Å². The number of nitrogens with one attached hydrogen (secondary N) is 1. The van der Waals surface area contributed by atoms with E-state index < -0.39 is 0 Å². The minimum atomic E-state index is -0.118. The van der Waals surface area contributed by atoms with E-state index in [0.29, 0.717) is 31.2 Å².